The molecule has 0 unspecified atom stereocenters. The molecule has 1 aromatic rings. The van der Waals surface area contributed by atoms with Crippen LogP contribution >= 0.6 is 0 Å². The Kier molecular flexibility index (Phi) is 2.69. The van der Waals surface area contributed by atoms with E-state index in [0.29, 0.717) is 12.6 Å². The van der Waals surface area contributed by atoms with Gasteiger partial charge in [0.1, 0.15) is 0 Å². The Morgan fingerprint density at radius 1 is 1.13 bits per heavy atom. The lowest BCUT2D eigenvalue weighted by Gasteiger charge is -2.07. The van der Waals surface area contributed by atoms with Crippen molar-refractivity contribution in [2.45, 2.75) is 31.6 Å². The first-order valence-corrected chi connectivity index (χ1v) is 4.95. The van der Waals surface area contributed by atoms with Gasteiger partial charge in [0, 0.05) is 12.6 Å². The van der Waals surface area contributed by atoms with Crippen LogP contribution in [0.3, 0.4) is 0 Å². The van der Waals surface area contributed by atoms with Crippen LogP contribution in [0.5, 0.6) is 0 Å². The van der Waals surface area contributed by atoms with Crippen LogP contribution < -0.4 is 5.32 Å². The molecule has 4 heteroatoms. The van der Waals surface area contributed by atoms with Crippen molar-refractivity contribution >= 4 is 0 Å². The summed E-state index contributed by atoms with van der Waals surface area (Å²) >= 11 is 0. The highest BCUT2D eigenvalue weighted by molar-refractivity contribution is 5.24. The van der Waals surface area contributed by atoms with E-state index < -0.39 is 11.7 Å². The molecule has 15 heavy (non-hydrogen) atoms. The number of benzene rings is 1. The van der Waals surface area contributed by atoms with Crippen LogP contribution in [0.15, 0.2) is 24.3 Å². The zero-order valence-electron chi connectivity index (χ0n) is 8.14. The largest absolute Gasteiger partial charge is 0.416 e. The molecule has 1 aliphatic rings. The van der Waals surface area contributed by atoms with Gasteiger partial charge in [-0.05, 0) is 30.5 Å². The predicted octanol–water partition coefficient (Wildman–Crippen LogP) is 2.96. The van der Waals surface area contributed by atoms with Gasteiger partial charge in [0.25, 0.3) is 0 Å². The van der Waals surface area contributed by atoms with Crippen molar-refractivity contribution < 1.29 is 13.2 Å². The van der Waals surface area contributed by atoms with Gasteiger partial charge in [-0.3, -0.25) is 0 Å². The fraction of sp³-hybridized carbons (Fsp3) is 0.455. The SMILES string of the molecule is FC(F)(F)c1ccc(CNC2CC2)cc1. The summed E-state index contributed by atoms with van der Waals surface area (Å²) in [4.78, 5) is 0. The Hall–Kier alpha value is -1.03. The van der Waals surface area contributed by atoms with Crippen molar-refractivity contribution in [1.29, 1.82) is 0 Å². The molecule has 1 fully saturated rings. The lowest BCUT2D eigenvalue weighted by atomic mass is 10.1. The highest BCUT2D eigenvalue weighted by Crippen LogP contribution is 2.29. The Morgan fingerprint density at radius 3 is 2.20 bits per heavy atom. The van der Waals surface area contributed by atoms with Gasteiger partial charge in [-0.15, -0.1) is 0 Å². The van der Waals surface area contributed by atoms with E-state index in [1.54, 1.807) is 0 Å². The monoisotopic (exact) mass is 215 g/mol. The molecule has 1 nitrogen and oxygen atoms in total. The molecule has 0 spiro atoms. The number of rotatable bonds is 3. The molecule has 0 radical (unpaired) electrons. The van der Waals surface area contributed by atoms with Crippen molar-refractivity contribution in [3.05, 3.63) is 35.4 Å². The van der Waals surface area contributed by atoms with Crippen molar-refractivity contribution in [3.8, 4) is 0 Å². The fourth-order valence-corrected chi connectivity index (χ4v) is 1.36. The van der Waals surface area contributed by atoms with Crippen LogP contribution in [0.2, 0.25) is 0 Å². The Labute approximate surface area is 86.3 Å². The van der Waals surface area contributed by atoms with Gasteiger partial charge >= 0.3 is 6.18 Å². The van der Waals surface area contributed by atoms with Crippen LogP contribution in [0.1, 0.15) is 24.0 Å². The molecule has 0 aliphatic heterocycles. The number of hydrogen-bond acceptors (Lipinski definition) is 1. The van der Waals surface area contributed by atoms with Crippen molar-refractivity contribution in [1.82, 2.24) is 5.32 Å². The summed E-state index contributed by atoms with van der Waals surface area (Å²) in [5.74, 6) is 0. The highest BCUT2D eigenvalue weighted by Gasteiger charge is 2.29. The van der Waals surface area contributed by atoms with E-state index in [4.69, 9.17) is 0 Å². The standard InChI is InChI=1S/C11H12F3N/c12-11(13,14)9-3-1-8(2-4-9)7-15-10-5-6-10/h1-4,10,15H,5-7H2. The van der Waals surface area contributed by atoms with Crippen LogP contribution in [0, 0.1) is 0 Å². The number of nitrogens with one attached hydrogen (secondary N) is 1. The smallest absolute Gasteiger partial charge is 0.310 e. The average molecular weight is 215 g/mol. The normalized spacial score (nSPS) is 16.7. The van der Waals surface area contributed by atoms with Crippen LogP contribution in [-0.2, 0) is 12.7 Å². The summed E-state index contributed by atoms with van der Waals surface area (Å²) in [6.07, 6.45) is -1.87. The zero-order chi connectivity index (χ0) is 10.9. The van der Waals surface area contributed by atoms with E-state index in [9.17, 15) is 13.2 Å². The van der Waals surface area contributed by atoms with Crippen molar-refractivity contribution in [3.63, 3.8) is 0 Å². The molecule has 0 bridgehead atoms. The van der Waals surface area contributed by atoms with Crippen molar-refractivity contribution in [2.24, 2.45) is 0 Å². The van der Waals surface area contributed by atoms with Crippen LogP contribution in [0.4, 0.5) is 13.2 Å². The second-order valence-electron chi connectivity index (χ2n) is 3.85. The van der Waals surface area contributed by atoms with E-state index in [-0.39, 0.29) is 0 Å². The predicted molar refractivity (Wildman–Crippen MR) is 51.3 cm³/mol. The second-order valence-corrected chi connectivity index (χ2v) is 3.85. The maximum Gasteiger partial charge on any atom is 0.416 e. The quantitative estimate of drug-likeness (QED) is 0.817. The number of halogens is 3. The first kappa shape index (κ1) is 10.5. The molecule has 1 aliphatic carbocycles. The van der Waals surface area contributed by atoms with E-state index >= 15 is 0 Å². The lowest BCUT2D eigenvalue weighted by Crippen LogP contribution is -2.15. The molecule has 2 rings (SSSR count). The maximum atomic E-state index is 12.2. The second kappa shape index (κ2) is 3.85. The third-order valence-corrected chi connectivity index (χ3v) is 2.45. The number of alkyl halides is 3. The minimum Gasteiger partial charge on any atom is -0.310 e. The van der Waals surface area contributed by atoms with Gasteiger partial charge < -0.3 is 5.32 Å². The molecule has 1 saturated carbocycles. The topological polar surface area (TPSA) is 12.0 Å². The summed E-state index contributed by atoms with van der Waals surface area (Å²) in [6.45, 7) is 0.656. The summed E-state index contributed by atoms with van der Waals surface area (Å²) in [7, 11) is 0. The first-order valence-electron chi connectivity index (χ1n) is 4.95. The third-order valence-electron chi connectivity index (χ3n) is 2.45. The van der Waals surface area contributed by atoms with Crippen LogP contribution in [-0.4, -0.2) is 6.04 Å². The highest BCUT2D eigenvalue weighted by atomic mass is 19.4. The van der Waals surface area contributed by atoms with Gasteiger partial charge in [-0.1, -0.05) is 12.1 Å². The minimum absolute atomic E-state index is 0.576. The average Bonchev–Trinajstić information content (AvgIpc) is 2.97. The Balaban J connectivity index is 1.96. The summed E-state index contributed by atoms with van der Waals surface area (Å²) in [5.41, 5.74) is 0.313. The minimum atomic E-state index is -4.23. The van der Waals surface area contributed by atoms with Gasteiger partial charge in [0.2, 0.25) is 0 Å². The summed E-state index contributed by atoms with van der Waals surface area (Å²) < 4.78 is 36.7. The van der Waals surface area contributed by atoms with E-state index in [1.807, 2.05) is 0 Å². The third kappa shape index (κ3) is 2.96. The molecule has 0 saturated heterocycles. The van der Waals surface area contributed by atoms with Gasteiger partial charge in [0.05, 0.1) is 5.56 Å². The summed E-state index contributed by atoms with van der Waals surface area (Å²) in [6, 6.07) is 5.89. The molecular formula is C11H12F3N. The number of hydrogen-bond donors (Lipinski definition) is 1. The van der Waals surface area contributed by atoms with Gasteiger partial charge in [0.15, 0.2) is 0 Å². The molecule has 0 atom stereocenters. The first-order chi connectivity index (χ1) is 7.05. The maximum absolute atomic E-state index is 12.2. The van der Waals surface area contributed by atoms with Gasteiger partial charge in [-0.25, -0.2) is 0 Å². The molecule has 82 valence electrons. The van der Waals surface area contributed by atoms with Crippen molar-refractivity contribution in [2.75, 3.05) is 0 Å². The van der Waals surface area contributed by atoms with E-state index in [1.165, 1.54) is 25.0 Å². The van der Waals surface area contributed by atoms with Gasteiger partial charge in [-0.2, -0.15) is 13.2 Å². The fourth-order valence-electron chi connectivity index (χ4n) is 1.36. The van der Waals surface area contributed by atoms with E-state index in [0.717, 1.165) is 17.7 Å². The molecule has 0 aromatic heterocycles. The Bertz CT molecular complexity index is 325. The molecular weight excluding hydrogens is 203 g/mol. The molecule has 1 aromatic carbocycles. The molecule has 0 heterocycles. The zero-order valence-corrected chi connectivity index (χ0v) is 8.14. The van der Waals surface area contributed by atoms with Crippen LogP contribution in [0.25, 0.3) is 0 Å². The molecule has 1 N–H and O–H groups in total. The molecule has 0 amide bonds. The lowest BCUT2D eigenvalue weighted by molar-refractivity contribution is -0.137. The van der Waals surface area contributed by atoms with E-state index in [2.05, 4.69) is 5.32 Å². The Morgan fingerprint density at radius 2 is 1.73 bits per heavy atom. The summed E-state index contributed by atoms with van der Waals surface area (Å²) in [5, 5.41) is 3.25.